The van der Waals surface area contributed by atoms with Crippen molar-refractivity contribution >= 4 is 41.3 Å². The monoisotopic (exact) mass is 472 g/mol. The smallest absolute Gasteiger partial charge is 0.191 e. The van der Waals surface area contributed by atoms with E-state index in [1.54, 1.807) is 11.3 Å². The van der Waals surface area contributed by atoms with Gasteiger partial charge in [0, 0.05) is 31.9 Å². The lowest BCUT2D eigenvalue weighted by Crippen LogP contribution is -2.39. The fraction of sp³-hybridized carbons (Fsp3) is 0.474. The molecule has 2 rings (SSSR count). The predicted octanol–water partition coefficient (Wildman–Crippen LogP) is 4.14. The highest BCUT2D eigenvalue weighted by molar-refractivity contribution is 14.0. The van der Waals surface area contributed by atoms with E-state index >= 15 is 0 Å². The van der Waals surface area contributed by atoms with Crippen molar-refractivity contribution in [2.45, 2.75) is 39.5 Å². The Labute approximate surface area is 172 Å². The maximum Gasteiger partial charge on any atom is 0.191 e. The number of hydrogen-bond donors (Lipinski definition) is 2. The van der Waals surface area contributed by atoms with Gasteiger partial charge in [0.05, 0.1) is 10.7 Å². The zero-order valence-corrected chi connectivity index (χ0v) is 18.7. The third kappa shape index (κ3) is 7.32. The average molecular weight is 472 g/mol. The number of rotatable bonds is 7. The van der Waals surface area contributed by atoms with Gasteiger partial charge in [0.1, 0.15) is 0 Å². The van der Waals surface area contributed by atoms with E-state index in [2.05, 4.69) is 71.0 Å². The third-order valence-corrected chi connectivity index (χ3v) is 5.06. The van der Waals surface area contributed by atoms with Crippen molar-refractivity contribution in [3.63, 3.8) is 0 Å². The summed E-state index contributed by atoms with van der Waals surface area (Å²) in [6, 6.07) is 8.73. The van der Waals surface area contributed by atoms with E-state index in [-0.39, 0.29) is 24.0 Å². The maximum absolute atomic E-state index is 4.59. The highest BCUT2D eigenvalue weighted by Crippen LogP contribution is 2.14. The van der Waals surface area contributed by atoms with Crippen molar-refractivity contribution in [2.75, 3.05) is 20.1 Å². The summed E-state index contributed by atoms with van der Waals surface area (Å²) < 4.78 is 0. The van der Waals surface area contributed by atoms with Crippen molar-refractivity contribution in [3.8, 4) is 0 Å². The van der Waals surface area contributed by atoms with Gasteiger partial charge in [-0.3, -0.25) is 4.99 Å². The van der Waals surface area contributed by atoms with Gasteiger partial charge in [0.2, 0.25) is 0 Å². The molecule has 0 saturated heterocycles. The molecule has 1 aromatic heterocycles. The summed E-state index contributed by atoms with van der Waals surface area (Å²) in [5.41, 5.74) is 3.80. The largest absolute Gasteiger partial charge is 0.356 e. The van der Waals surface area contributed by atoms with Crippen LogP contribution in [0.4, 0.5) is 0 Å². The van der Waals surface area contributed by atoms with Crippen LogP contribution in [0.15, 0.2) is 34.6 Å². The van der Waals surface area contributed by atoms with E-state index in [1.807, 2.05) is 7.05 Å². The number of halogens is 1. The van der Waals surface area contributed by atoms with E-state index in [9.17, 15) is 0 Å². The van der Waals surface area contributed by atoms with Crippen LogP contribution >= 0.6 is 35.3 Å². The Balaban J connectivity index is 0.00000312. The second-order valence-electron chi connectivity index (χ2n) is 6.03. The topological polar surface area (TPSA) is 49.3 Å². The highest BCUT2D eigenvalue weighted by atomic mass is 127. The average Bonchev–Trinajstić information content (AvgIpc) is 3.06. The summed E-state index contributed by atoms with van der Waals surface area (Å²) in [6.45, 7) is 8.18. The summed E-state index contributed by atoms with van der Waals surface area (Å²) in [7, 11) is 1.81. The molecule has 0 saturated carbocycles. The Bertz CT molecular complexity index is 652. The second-order valence-corrected chi connectivity index (χ2v) is 6.97. The number of nitrogens with zero attached hydrogens (tertiary/aromatic N) is 2. The number of thiazole rings is 1. The number of aryl methyl sites for hydroxylation is 2. The van der Waals surface area contributed by atoms with Crippen LogP contribution in [-0.4, -0.2) is 31.1 Å². The summed E-state index contributed by atoms with van der Waals surface area (Å²) in [6.07, 6.45) is 1.93. The zero-order valence-electron chi connectivity index (χ0n) is 15.5. The SMILES string of the molecule is CCc1nc(CCNC(=NC)NCC(C)c2ccc(C)cc2)cs1.I. The molecule has 0 amide bonds. The molecule has 0 spiro atoms. The molecule has 25 heavy (non-hydrogen) atoms. The number of aromatic nitrogens is 1. The number of benzene rings is 1. The molecule has 0 radical (unpaired) electrons. The van der Waals surface area contributed by atoms with Gasteiger partial charge < -0.3 is 10.6 Å². The molecule has 1 aromatic carbocycles. The minimum atomic E-state index is 0. The third-order valence-electron chi connectivity index (χ3n) is 4.02. The number of nitrogens with one attached hydrogen (secondary N) is 2. The summed E-state index contributed by atoms with van der Waals surface area (Å²) in [4.78, 5) is 8.89. The van der Waals surface area contributed by atoms with Gasteiger partial charge in [0.15, 0.2) is 5.96 Å². The quantitative estimate of drug-likeness (QED) is 0.362. The van der Waals surface area contributed by atoms with Gasteiger partial charge in [-0.25, -0.2) is 4.98 Å². The molecule has 6 heteroatoms. The Hall–Kier alpha value is -1.15. The first-order valence-corrected chi connectivity index (χ1v) is 9.44. The summed E-state index contributed by atoms with van der Waals surface area (Å²) >= 11 is 1.74. The minimum Gasteiger partial charge on any atom is -0.356 e. The first kappa shape index (κ1) is 21.9. The van der Waals surface area contributed by atoms with Gasteiger partial charge in [-0.15, -0.1) is 35.3 Å². The van der Waals surface area contributed by atoms with Crippen molar-refractivity contribution in [1.29, 1.82) is 0 Å². The minimum absolute atomic E-state index is 0. The zero-order chi connectivity index (χ0) is 17.4. The molecular weight excluding hydrogens is 443 g/mol. The molecule has 4 nitrogen and oxygen atoms in total. The molecule has 2 N–H and O–H groups in total. The van der Waals surface area contributed by atoms with E-state index < -0.39 is 0 Å². The standard InChI is InChI=1S/C19H28N4S.HI/c1-5-18-23-17(13-24-18)10-11-21-19(20-4)22-12-15(3)16-8-6-14(2)7-9-16;/h6-9,13,15H,5,10-12H2,1-4H3,(H2,20,21,22);1H. The van der Waals surface area contributed by atoms with Crippen LogP contribution < -0.4 is 10.6 Å². The fourth-order valence-electron chi connectivity index (χ4n) is 2.42. The van der Waals surface area contributed by atoms with Crippen molar-refractivity contribution in [1.82, 2.24) is 15.6 Å². The molecule has 1 atom stereocenters. The molecular formula is C19H29IN4S. The Morgan fingerprint density at radius 1 is 1.24 bits per heavy atom. The summed E-state index contributed by atoms with van der Waals surface area (Å²) in [5.74, 6) is 1.29. The Kier molecular flexibility index (Phi) is 10.0. The molecule has 0 aliphatic rings. The lowest BCUT2D eigenvalue weighted by atomic mass is 10.0. The summed E-state index contributed by atoms with van der Waals surface area (Å²) in [5, 5.41) is 10.1. The molecule has 2 aromatic rings. The van der Waals surface area contributed by atoms with Gasteiger partial charge >= 0.3 is 0 Å². The van der Waals surface area contributed by atoms with Crippen LogP contribution in [0.3, 0.4) is 0 Å². The maximum atomic E-state index is 4.59. The lowest BCUT2D eigenvalue weighted by Gasteiger charge is -2.16. The number of guanidine groups is 1. The molecule has 1 heterocycles. The first-order valence-electron chi connectivity index (χ1n) is 8.56. The van der Waals surface area contributed by atoms with Crippen LogP contribution in [0, 0.1) is 6.92 Å². The van der Waals surface area contributed by atoms with Crippen LogP contribution in [0.1, 0.15) is 41.6 Å². The van der Waals surface area contributed by atoms with Crippen LogP contribution in [0.25, 0.3) is 0 Å². The predicted molar refractivity (Wildman–Crippen MR) is 120 cm³/mol. The normalized spacial score (nSPS) is 12.4. The fourth-order valence-corrected chi connectivity index (χ4v) is 3.20. The van der Waals surface area contributed by atoms with E-state index in [4.69, 9.17) is 0 Å². The van der Waals surface area contributed by atoms with E-state index in [1.165, 1.54) is 16.1 Å². The highest BCUT2D eigenvalue weighted by Gasteiger charge is 2.07. The number of hydrogen-bond acceptors (Lipinski definition) is 3. The Morgan fingerprint density at radius 2 is 1.96 bits per heavy atom. The Morgan fingerprint density at radius 3 is 2.56 bits per heavy atom. The lowest BCUT2D eigenvalue weighted by molar-refractivity contribution is 0.696. The van der Waals surface area contributed by atoms with Crippen molar-refractivity contribution in [2.24, 2.45) is 4.99 Å². The second kappa shape index (κ2) is 11.5. The van der Waals surface area contributed by atoms with E-state index in [0.29, 0.717) is 5.92 Å². The molecule has 1 unspecified atom stereocenters. The van der Waals surface area contributed by atoms with Gasteiger partial charge in [-0.05, 0) is 24.8 Å². The van der Waals surface area contributed by atoms with Crippen molar-refractivity contribution < 1.29 is 0 Å². The molecule has 138 valence electrons. The molecule has 0 bridgehead atoms. The van der Waals surface area contributed by atoms with E-state index in [0.717, 1.165) is 37.6 Å². The van der Waals surface area contributed by atoms with Crippen LogP contribution in [0.5, 0.6) is 0 Å². The van der Waals surface area contributed by atoms with Gasteiger partial charge in [-0.2, -0.15) is 0 Å². The molecule has 0 aliphatic carbocycles. The van der Waals surface area contributed by atoms with Gasteiger partial charge in [-0.1, -0.05) is 43.7 Å². The molecule has 0 fully saturated rings. The van der Waals surface area contributed by atoms with Gasteiger partial charge in [0.25, 0.3) is 0 Å². The number of aliphatic imine (C=N–C) groups is 1. The van der Waals surface area contributed by atoms with Crippen molar-refractivity contribution in [3.05, 3.63) is 51.5 Å². The van der Waals surface area contributed by atoms with Crippen LogP contribution in [-0.2, 0) is 12.8 Å². The first-order chi connectivity index (χ1) is 11.6. The van der Waals surface area contributed by atoms with Crippen LogP contribution in [0.2, 0.25) is 0 Å². The molecule has 0 aliphatic heterocycles.